The number of benzene rings is 2. The first-order chi connectivity index (χ1) is 14.7. The van der Waals surface area contributed by atoms with E-state index in [1.54, 1.807) is 31.2 Å². The summed E-state index contributed by atoms with van der Waals surface area (Å²) in [4.78, 5) is 14.2. The summed E-state index contributed by atoms with van der Waals surface area (Å²) in [5, 5.41) is 0. The molecule has 4 nitrogen and oxygen atoms in total. The molecule has 1 saturated heterocycles. The minimum absolute atomic E-state index is 0.185. The van der Waals surface area contributed by atoms with E-state index in [4.69, 9.17) is 15.0 Å². The topological polar surface area (TPSA) is 38.8 Å². The van der Waals surface area contributed by atoms with Crippen molar-refractivity contribution in [2.75, 3.05) is 26.2 Å². The normalized spacial score (nSPS) is 24.8. The Labute approximate surface area is 167 Å². The number of hydrogen-bond donors (Lipinski definition) is 0. The van der Waals surface area contributed by atoms with Crippen LogP contribution in [0, 0.1) is 0 Å². The monoisotopic (exact) mass is 371 g/mol. The van der Waals surface area contributed by atoms with Crippen molar-refractivity contribution in [3.05, 3.63) is 71.8 Å². The largest absolute Gasteiger partial charge is 0.464 e. The van der Waals surface area contributed by atoms with E-state index in [-0.39, 0.29) is 13.2 Å². The zero-order valence-electron chi connectivity index (χ0n) is 19.8. The zero-order chi connectivity index (χ0) is 22.6. The Morgan fingerprint density at radius 2 is 1.89 bits per heavy atom. The molecule has 2 aromatic carbocycles. The summed E-state index contributed by atoms with van der Waals surface area (Å²) in [6.45, 7) is -1.35. The first-order valence-corrected chi connectivity index (χ1v) is 9.40. The average Bonchev–Trinajstić information content (AvgIpc) is 2.75. The average molecular weight is 372 g/mol. The van der Waals surface area contributed by atoms with Crippen LogP contribution in [0.25, 0.3) is 0 Å². The van der Waals surface area contributed by atoms with Crippen LogP contribution in [0.2, 0.25) is 0 Å². The minimum atomic E-state index is -2.85. The number of rotatable bonds is 7. The highest BCUT2D eigenvalue weighted by molar-refractivity contribution is 5.78. The second-order valence-electron chi connectivity index (χ2n) is 6.64. The molecule has 27 heavy (non-hydrogen) atoms. The molecule has 0 saturated carbocycles. The van der Waals surface area contributed by atoms with E-state index >= 15 is 0 Å². The first kappa shape index (κ1) is 14.8. The number of esters is 1. The number of morpholine rings is 1. The molecule has 4 heteroatoms. The SMILES string of the molecule is [2H]C([2H])(OC(=O)C(CC)c1ccccc1)C([2H])([2H])N1CCOC(c2ccccc2)C1C. The lowest BCUT2D eigenvalue weighted by Crippen LogP contribution is -2.47. The fraction of sp³-hybridized carbons (Fsp3) is 0.435. The second kappa shape index (κ2) is 9.67. The van der Waals surface area contributed by atoms with E-state index < -0.39 is 37.1 Å². The van der Waals surface area contributed by atoms with E-state index in [0.717, 1.165) is 11.1 Å². The fourth-order valence-corrected chi connectivity index (χ4v) is 3.39. The van der Waals surface area contributed by atoms with Crippen LogP contribution in [0.4, 0.5) is 0 Å². The third-order valence-electron chi connectivity index (χ3n) is 4.92. The standard InChI is InChI=1S/C23H29NO3/c1-3-21(19-10-6-4-7-11-19)23(25)27-17-15-24-14-16-26-22(18(24)2)20-12-8-5-9-13-20/h4-13,18,21-22H,3,14-17H2,1-2H3/i15D2,17D2. The van der Waals surface area contributed by atoms with Gasteiger partial charge in [-0.1, -0.05) is 67.6 Å². The molecule has 0 bridgehead atoms. The van der Waals surface area contributed by atoms with Crippen LogP contribution in [0.3, 0.4) is 0 Å². The van der Waals surface area contributed by atoms with E-state index in [0.29, 0.717) is 6.42 Å². The quantitative estimate of drug-likeness (QED) is 0.684. The van der Waals surface area contributed by atoms with Crippen molar-refractivity contribution in [1.29, 1.82) is 0 Å². The van der Waals surface area contributed by atoms with Crippen molar-refractivity contribution in [3.63, 3.8) is 0 Å². The molecule has 0 aliphatic carbocycles. The van der Waals surface area contributed by atoms with Crippen molar-refractivity contribution in [1.82, 2.24) is 4.90 Å². The van der Waals surface area contributed by atoms with Gasteiger partial charge in [0.1, 0.15) is 6.56 Å². The molecule has 144 valence electrons. The van der Waals surface area contributed by atoms with Crippen molar-refractivity contribution in [2.24, 2.45) is 0 Å². The number of ether oxygens (including phenoxy) is 2. The molecular weight excluding hydrogens is 338 g/mol. The summed E-state index contributed by atoms with van der Waals surface area (Å²) in [6.07, 6.45) is 0.00984. The maximum absolute atomic E-state index is 12.8. The maximum atomic E-state index is 12.8. The lowest BCUT2D eigenvalue weighted by atomic mass is 9.97. The first-order valence-electron chi connectivity index (χ1n) is 11.4. The highest BCUT2D eigenvalue weighted by atomic mass is 16.5. The summed E-state index contributed by atoms with van der Waals surface area (Å²) in [5.41, 5.74) is 1.61. The molecule has 1 heterocycles. The van der Waals surface area contributed by atoms with Crippen LogP contribution < -0.4 is 0 Å². The Hall–Kier alpha value is -2.17. The lowest BCUT2D eigenvalue weighted by Gasteiger charge is -2.39. The molecule has 1 aliphatic rings. The summed E-state index contributed by atoms with van der Waals surface area (Å²) in [6, 6.07) is 18.0. The van der Waals surface area contributed by atoms with Crippen LogP contribution in [-0.4, -0.2) is 43.1 Å². The van der Waals surface area contributed by atoms with Gasteiger partial charge in [0.15, 0.2) is 0 Å². The van der Waals surface area contributed by atoms with Gasteiger partial charge in [-0.05, 0) is 24.5 Å². The van der Waals surface area contributed by atoms with E-state index in [2.05, 4.69) is 0 Å². The molecule has 0 amide bonds. The molecular formula is C23H29NO3. The molecule has 0 spiro atoms. The molecule has 0 aromatic heterocycles. The van der Waals surface area contributed by atoms with Crippen LogP contribution in [-0.2, 0) is 14.3 Å². The van der Waals surface area contributed by atoms with E-state index in [1.165, 1.54) is 4.90 Å². The minimum Gasteiger partial charge on any atom is -0.464 e. The van der Waals surface area contributed by atoms with Gasteiger partial charge in [-0.3, -0.25) is 9.69 Å². The lowest BCUT2D eigenvalue weighted by molar-refractivity contribution is -0.147. The summed E-state index contributed by atoms with van der Waals surface area (Å²) < 4.78 is 44.9. The Morgan fingerprint density at radius 1 is 1.22 bits per heavy atom. The Kier molecular flexibility index (Phi) is 5.32. The van der Waals surface area contributed by atoms with Gasteiger partial charge >= 0.3 is 5.97 Å². The number of nitrogens with zero attached hydrogens (tertiary/aromatic N) is 1. The molecule has 3 atom stereocenters. The number of carbonyl (C=O) groups is 1. The van der Waals surface area contributed by atoms with Gasteiger partial charge in [0.25, 0.3) is 0 Å². The van der Waals surface area contributed by atoms with Gasteiger partial charge in [-0.25, -0.2) is 0 Å². The predicted octanol–water partition coefficient (Wildman–Crippen LogP) is 4.19. The van der Waals surface area contributed by atoms with Gasteiger partial charge in [0, 0.05) is 21.8 Å². The fourth-order valence-electron chi connectivity index (χ4n) is 3.39. The Bertz CT molecular complexity index is 864. The highest BCUT2D eigenvalue weighted by Gasteiger charge is 2.30. The van der Waals surface area contributed by atoms with Crippen molar-refractivity contribution < 1.29 is 19.8 Å². The van der Waals surface area contributed by atoms with Gasteiger partial charge < -0.3 is 9.47 Å². The summed E-state index contributed by atoms with van der Waals surface area (Å²) in [5.74, 6) is -1.44. The molecule has 0 radical (unpaired) electrons. The zero-order valence-corrected chi connectivity index (χ0v) is 15.8. The predicted molar refractivity (Wildman–Crippen MR) is 107 cm³/mol. The van der Waals surface area contributed by atoms with Gasteiger partial charge in [-0.15, -0.1) is 0 Å². The van der Waals surface area contributed by atoms with Crippen LogP contribution in [0.15, 0.2) is 60.7 Å². The summed E-state index contributed by atoms with van der Waals surface area (Å²) in [7, 11) is 0. The van der Waals surface area contributed by atoms with Crippen molar-refractivity contribution in [3.8, 4) is 0 Å². The third kappa shape index (κ3) is 4.96. The molecule has 0 N–H and O–H groups in total. The van der Waals surface area contributed by atoms with Gasteiger partial charge in [0.05, 0.1) is 21.4 Å². The number of carbonyl (C=O) groups excluding carboxylic acids is 1. The van der Waals surface area contributed by atoms with Gasteiger partial charge in [0.2, 0.25) is 0 Å². The molecule has 3 unspecified atom stereocenters. The van der Waals surface area contributed by atoms with Crippen molar-refractivity contribution >= 4 is 5.97 Å². The smallest absolute Gasteiger partial charge is 0.313 e. The van der Waals surface area contributed by atoms with Crippen LogP contribution >= 0.6 is 0 Å². The van der Waals surface area contributed by atoms with E-state index in [1.807, 2.05) is 43.3 Å². The van der Waals surface area contributed by atoms with Crippen molar-refractivity contribution in [2.45, 2.75) is 38.3 Å². The molecule has 2 aromatic rings. The molecule has 1 aliphatic heterocycles. The second-order valence-corrected chi connectivity index (χ2v) is 6.64. The molecule has 1 fully saturated rings. The molecule has 3 rings (SSSR count). The summed E-state index contributed by atoms with van der Waals surface area (Å²) >= 11 is 0. The van der Waals surface area contributed by atoms with Crippen LogP contribution in [0.1, 0.15) is 48.9 Å². The van der Waals surface area contributed by atoms with Crippen LogP contribution in [0.5, 0.6) is 0 Å². The Balaban J connectivity index is 1.79. The Morgan fingerprint density at radius 3 is 2.56 bits per heavy atom. The third-order valence-corrected chi connectivity index (χ3v) is 4.92. The maximum Gasteiger partial charge on any atom is 0.313 e. The number of hydrogen-bond acceptors (Lipinski definition) is 4. The van der Waals surface area contributed by atoms with Gasteiger partial charge in [-0.2, -0.15) is 0 Å². The van der Waals surface area contributed by atoms with E-state index in [9.17, 15) is 4.79 Å². The highest BCUT2D eigenvalue weighted by Crippen LogP contribution is 2.28.